The van der Waals surface area contributed by atoms with E-state index in [1.54, 1.807) is 0 Å². The summed E-state index contributed by atoms with van der Waals surface area (Å²) in [6, 6.07) is 0.109. The fourth-order valence-corrected chi connectivity index (χ4v) is 2.76. The summed E-state index contributed by atoms with van der Waals surface area (Å²) in [5.41, 5.74) is -0.179. The highest BCUT2D eigenvalue weighted by molar-refractivity contribution is 7.17. The van der Waals surface area contributed by atoms with Crippen LogP contribution in [-0.2, 0) is 4.74 Å². The number of carboxylic acid groups (broad SMARTS) is 1. The molecule has 6 nitrogen and oxygen atoms in total. The number of aromatic carboxylic acids is 1. The van der Waals surface area contributed by atoms with Crippen LogP contribution in [0.1, 0.15) is 40.4 Å². The van der Waals surface area contributed by atoms with Crippen LogP contribution in [0.25, 0.3) is 0 Å². The first kappa shape index (κ1) is 13.0. The summed E-state index contributed by atoms with van der Waals surface area (Å²) in [7, 11) is 0. The van der Waals surface area contributed by atoms with Crippen LogP contribution in [0.5, 0.6) is 0 Å². The average Bonchev–Trinajstić information content (AvgIpc) is 2.87. The van der Waals surface area contributed by atoms with Gasteiger partial charge in [-0.2, -0.15) is 0 Å². The molecule has 1 saturated heterocycles. The maximum absolute atomic E-state index is 11.3. The largest absolute Gasteiger partial charge is 0.476 e. The summed E-state index contributed by atoms with van der Waals surface area (Å²) in [5, 5.41) is 12.6. The van der Waals surface area contributed by atoms with E-state index in [4.69, 9.17) is 9.84 Å². The molecule has 1 aliphatic rings. The molecule has 98 valence electrons. The number of nitrogens with one attached hydrogen (secondary N) is 1. The summed E-state index contributed by atoms with van der Waals surface area (Å²) in [6.07, 6.45) is 0.904. The minimum Gasteiger partial charge on any atom is -0.476 e. The molecule has 18 heavy (non-hydrogen) atoms. The van der Waals surface area contributed by atoms with Gasteiger partial charge in [0.2, 0.25) is 0 Å². The Hall–Kier alpha value is -1.47. The summed E-state index contributed by atoms with van der Waals surface area (Å²) in [6.45, 7) is 3.96. The zero-order valence-electron chi connectivity index (χ0n) is 10.1. The number of nitrogens with zero attached hydrogens (tertiary/aromatic N) is 1. The molecule has 2 unspecified atom stereocenters. The third-order valence-corrected chi connectivity index (χ3v) is 3.92. The lowest BCUT2D eigenvalue weighted by Gasteiger charge is -2.14. The number of hydrogen-bond donors (Lipinski definition) is 2. The Kier molecular flexibility index (Phi) is 3.63. The van der Waals surface area contributed by atoms with Crippen molar-refractivity contribution in [3.8, 4) is 0 Å². The Morgan fingerprint density at radius 3 is 2.72 bits per heavy atom. The fraction of sp³-hybridized carbons (Fsp3) is 0.545. The first-order valence-electron chi connectivity index (χ1n) is 5.62. The molecule has 2 heterocycles. The van der Waals surface area contributed by atoms with Crippen LogP contribution in [0.3, 0.4) is 0 Å². The fourth-order valence-electron chi connectivity index (χ4n) is 1.85. The highest BCUT2D eigenvalue weighted by atomic mass is 32.1. The van der Waals surface area contributed by atoms with Crippen LogP contribution >= 0.6 is 11.3 Å². The van der Waals surface area contributed by atoms with Gasteiger partial charge in [0.15, 0.2) is 16.6 Å². The SMILES string of the molecule is CC(=O)c1sc(NC2CCOC2C)nc1C(=O)O. The predicted molar refractivity (Wildman–Crippen MR) is 66.5 cm³/mol. The van der Waals surface area contributed by atoms with Gasteiger partial charge in [0.05, 0.1) is 12.1 Å². The van der Waals surface area contributed by atoms with Crippen LogP contribution < -0.4 is 5.32 Å². The lowest BCUT2D eigenvalue weighted by molar-refractivity contribution is 0.0687. The summed E-state index contributed by atoms with van der Waals surface area (Å²) < 4.78 is 5.40. The highest BCUT2D eigenvalue weighted by Gasteiger charge is 2.27. The monoisotopic (exact) mass is 270 g/mol. The third-order valence-electron chi connectivity index (χ3n) is 2.83. The van der Waals surface area contributed by atoms with E-state index < -0.39 is 5.97 Å². The van der Waals surface area contributed by atoms with Gasteiger partial charge in [-0.15, -0.1) is 0 Å². The van der Waals surface area contributed by atoms with Gasteiger partial charge >= 0.3 is 5.97 Å². The number of ether oxygens (including phenoxy) is 1. The molecule has 7 heteroatoms. The molecule has 0 bridgehead atoms. The van der Waals surface area contributed by atoms with Gasteiger partial charge in [0.1, 0.15) is 4.88 Å². The van der Waals surface area contributed by atoms with Gasteiger partial charge in [0.25, 0.3) is 0 Å². The standard InChI is InChI=1S/C11H14N2O4S/c1-5(14)9-8(10(15)16)13-11(18-9)12-7-3-4-17-6(7)2/h6-7H,3-4H2,1-2H3,(H,12,13)(H,15,16). The summed E-state index contributed by atoms with van der Waals surface area (Å²) in [5.74, 6) is -1.46. The minimum absolute atomic E-state index is 0.0583. The molecule has 1 fully saturated rings. The van der Waals surface area contributed by atoms with Gasteiger partial charge in [-0.3, -0.25) is 4.79 Å². The maximum atomic E-state index is 11.3. The molecule has 2 rings (SSSR count). The molecule has 0 radical (unpaired) electrons. The van der Waals surface area contributed by atoms with E-state index in [1.165, 1.54) is 6.92 Å². The highest BCUT2D eigenvalue weighted by Crippen LogP contribution is 2.26. The van der Waals surface area contributed by atoms with E-state index in [2.05, 4.69) is 10.3 Å². The number of thiazole rings is 1. The van der Waals surface area contributed by atoms with Crippen LogP contribution in [-0.4, -0.2) is 40.6 Å². The topological polar surface area (TPSA) is 88.5 Å². The summed E-state index contributed by atoms with van der Waals surface area (Å²) in [4.78, 5) is 26.5. The summed E-state index contributed by atoms with van der Waals surface area (Å²) >= 11 is 1.08. The first-order chi connectivity index (χ1) is 8.49. The number of Topliss-reactive ketones (excluding diaryl/α,β-unsaturated/α-hetero) is 1. The zero-order valence-corrected chi connectivity index (χ0v) is 10.9. The first-order valence-corrected chi connectivity index (χ1v) is 6.44. The average molecular weight is 270 g/mol. The van der Waals surface area contributed by atoms with Crippen molar-refractivity contribution in [2.24, 2.45) is 0 Å². The van der Waals surface area contributed by atoms with Gasteiger partial charge < -0.3 is 15.2 Å². The number of carboxylic acids is 1. The second-order valence-corrected chi connectivity index (χ2v) is 5.17. The quantitative estimate of drug-likeness (QED) is 0.808. The maximum Gasteiger partial charge on any atom is 0.356 e. The van der Waals surface area contributed by atoms with Crippen molar-refractivity contribution < 1.29 is 19.4 Å². The van der Waals surface area contributed by atoms with Crippen molar-refractivity contribution in [1.29, 1.82) is 0 Å². The zero-order chi connectivity index (χ0) is 13.3. The minimum atomic E-state index is -1.18. The number of anilines is 1. The van der Waals surface area contributed by atoms with Crippen LogP contribution in [0, 0.1) is 0 Å². The lowest BCUT2D eigenvalue weighted by Crippen LogP contribution is -2.26. The Morgan fingerprint density at radius 2 is 2.28 bits per heavy atom. The number of hydrogen-bond acceptors (Lipinski definition) is 6. The van der Waals surface area contributed by atoms with Gasteiger partial charge in [-0.25, -0.2) is 9.78 Å². The van der Waals surface area contributed by atoms with E-state index in [9.17, 15) is 9.59 Å². The van der Waals surface area contributed by atoms with Crippen LogP contribution in [0.15, 0.2) is 0 Å². The molecule has 0 spiro atoms. The van der Waals surface area contributed by atoms with Crippen molar-refractivity contribution >= 4 is 28.2 Å². The van der Waals surface area contributed by atoms with Crippen molar-refractivity contribution in [1.82, 2.24) is 4.98 Å². The Morgan fingerprint density at radius 1 is 1.56 bits per heavy atom. The van der Waals surface area contributed by atoms with Crippen LogP contribution in [0.4, 0.5) is 5.13 Å². The Labute approximate surface area is 108 Å². The number of aromatic nitrogens is 1. The molecule has 0 aliphatic carbocycles. The normalized spacial score (nSPS) is 23.0. The van der Waals surface area contributed by atoms with Crippen molar-refractivity contribution in [3.63, 3.8) is 0 Å². The molecule has 1 aromatic rings. The van der Waals surface area contributed by atoms with E-state index in [0.29, 0.717) is 11.7 Å². The van der Waals surface area contributed by atoms with E-state index in [-0.39, 0.29) is 28.5 Å². The Bertz CT molecular complexity index is 454. The molecular formula is C11H14N2O4S. The third kappa shape index (κ3) is 2.51. The number of carbonyl (C=O) groups is 2. The smallest absolute Gasteiger partial charge is 0.356 e. The van der Waals surface area contributed by atoms with Crippen molar-refractivity contribution in [2.75, 3.05) is 11.9 Å². The molecular weight excluding hydrogens is 256 g/mol. The molecule has 1 aromatic heterocycles. The molecule has 1 aliphatic heterocycles. The van der Waals surface area contributed by atoms with Crippen molar-refractivity contribution in [2.45, 2.75) is 32.4 Å². The molecule has 0 aromatic carbocycles. The molecule has 0 amide bonds. The Balaban J connectivity index is 2.21. The van der Waals surface area contributed by atoms with Gasteiger partial charge in [-0.1, -0.05) is 11.3 Å². The number of rotatable bonds is 4. The van der Waals surface area contributed by atoms with Gasteiger partial charge in [0, 0.05) is 13.5 Å². The number of ketones is 1. The molecule has 2 atom stereocenters. The van der Waals surface area contributed by atoms with Gasteiger partial charge in [-0.05, 0) is 13.3 Å². The predicted octanol–water partition coefficient (Wildman–Crippen LogP) is 1.63. The molecule has 2 N–H and O–H groups in total. The van der Waals surface area contributed by atoms with Crippen molar-refractivity contribution in [3.05, 3.63) is 10.6 Å². The lowest BCUT2D eigenvalue weighted by atomic mass is 10.2. The van der Waals surface area contributed by atoms with Crippen LogP contribution in [0.2, 0.25) is 0 Å². The second kappa shape index (κ2) is 5.03. The molecule has 0 saturated carbocycles. The van der Waals surface area contributed by atoms with E-state index >= 15 is 0 Å². The number of carbonyl (C=O) groups excluding carboxylic acids is 1. The van der Waals surface area contributed by atoms with E-state index in [1.807, 2.05) is 6.92 Å². The van der Waals surface area contributed by atoms with E-state index in [0.717, 1.165) is 17.8 Å². The second-order valence-electron chi connectivity index (χ2n) is 4.17.